The highest BCUT2D eigenvalue weighted by Gasteiger charge is 2.16. The van der Waals surface area contributed by atoms with Gasteiger partial charge in [0.15, 0.2) is 0 Å². The zero-order chi connectivity index (χ0) is 9.80. The van der Waals surface area contributed by atoms with Crippen molar-refractivity contribution in [1.29, 1.82) is 0 Å². The van der Waals surface area contributed by atoms with Gasteiger partial charge in [-0.2, -0.15) is 0 Å². The van der Waals surface area contributed by atoms with Crippen LogP contribution >= 0.6 is 0 Å². The third-order valence-electron chi connectivity index (χ3n) is 2.72. The van der Waals surface area contributed by atoms with E-state index in [0.717, 1.165) is 38.2 Å². The SMILES string of the molecule is OCc1cncn1C1CCCOCC1. The zero-order valence-corrected chi connectivity index (χ0v) is 8.22. The Labute approximate surface area is 83.5 Å². The van der Waals surface area contributed by atoms with Gasteiger partial charge in [0.05, 0.1) is 24.8 Å². The fraction of sp³-hybridized carbons (Fsp3) is 0.700. The van der Waals surface area contributed by atoms with Crippen LogP contribution in [-0.2, 0) is 11.3 Å². The molecule has 0 aromatic carbocycles. The summed E-state index contributed by atoms with van der Waals surface area (Å²) < 4.78 is 7.48. The monoisotopic (exact) mass is 196 g/mol. The second-order valence-electron chi connectivity index (χ2n) is 3.65. The number of imidazole rings is 1. The van der Waals surface area contributed by atoms with Crippen LogP contribution < -0.4 is 0 Å². The summed E-state index contributed by atoms with van der Waals surface area (Å²) in [4.78, 5) is 4.06. The third kappa shape index (κ3) is 1.96. The second-order valence-corrected chi connectivity index (χ2v) is 3.65. The van der Waals surface area contributed by atoms with E-state index in [-0.39, 0.29) is 6.61 Å². The maximum Gasteiger partial charge on any atom is 0.0951 e. The predicted molar refractivity (Wildman–Crippen MR) is 51.9 cm³/mol. The van der Waals surface area contributed by atoms with E-state index in [1.807, 2.05) is 6.33 Å². The van der Waals surface area contributed by atoms with Gasteiger partial charge >= 0.3 is 0 Å². The average molecular weight is 196 g/mol. The summed E-state index contributed by atoms with van der Waals surface area (Å²) in [5, 5.41) is 9.12. The highest BCUT2D eigenvalue weighted by atomic mass is 16.5. The minimum absolute atomic E-state index is 0.0668. The number of aliphatic hydroxyl groups excluding tert-OH is 1. The maximum atomic E-state index is 9.12. The van der Waals surface area contributed by atoms with Crippen molar-refractivity contribution in [2.75, 3.05) is 13.2 Å². The van der Waals surface area contributed by atoms with Crippen LogP contribution in [0.15, 0.2) is 12.5 Å². The quantitative estimate of drug-likeness (QED) is 0.771. The van der Waals surface area contributed by atoms with Gasteiger partial charge < -0.3 is 14.4 Å². The Balaban J connectivity index is 2.11. The number of ether oxygens (including phenoxy) is 1. The molecule has 0 aliphatic carbocycles. The van der Waals surface area contributed by atoms with Crippen LogP contribution in [0.3, 0.4) is 0 Å². The Morgan fingerprint density at radius 1 is 1.50 bits per heavy atom. The Hall–Kier alpha value is -0.870. The molecule has 14 heavy (non-hydrogen) atoms. The molecule has 0 amide bonds. The van der Waals surface area contributed by atoms with Crippen LogP contribution in [-0.4, -0.2) is 27.9 Å². The molecule has 1 fully saturated rings. The molecule has 1 saturated heterocycles. The molecule has 78 valence electrons. The first-order valence-corrected chi connectivity index (χ1v) is 5.11. The van der Waals surface area contributed by atoms with Crippen LogP contribution in [0.4, 0.5) is 0 Å². The van der Waals surface area contributed by atoms with E-state index in [1.165, 1.54) is 0 Å². The van der Waals surface area contributed by atoms with Gasteiger partial charge in [0, 0.05) is 19.3 Å². The number of hydrogen-bond acceptors (Lipinski definition) is 3. The third-order valence-corrected chi connectivity index (χ3v) is 2.72. The first-order valence-electron chi connectivity index (χ1n) is 5.11. The normalized spacial score (nSPS) is 23.4. The van der Waals surface area contributed by atoms with Crippen LogP contribution in [0.1, 0.15) is 31.0 Å². The summed E-state index contributed by atoms with van der Waals surface area (Å²) in [6.07, 6.45) is 6.76. The molecule has 2 heterocycles. The minimum atomic E-state index is 0.0668. The van der Waals surface area contributed by atoms with Crippen molar-refractivity contribution in [3.63, 3.8) is 0 Å². The van der Waals surface area contributed by atoms with Crippen molar-refractivity contribution in [2.24, 2.45) is 0 Å². The highest BCUT2D eigenvalue weighted by molar-refractivity contribution is 4.98. The standard InChI is InChI=1S/C10H16N2O2/c13-7-10-6-11-8-12(10)9-2-1-4-14-5-3-9/h6,8-9,13H,1-5,7H2. The Kier molecular flexibility index (Phi) is 3.16. The van der Waals surface area contributed by atoms with Crippen molar-refractivity contribution < 1.29 is 9.84 Å². The molecule has 1 unspecified atom stereocenters. The van der Waals surface area contributed by atoms with Crippen molar-refractivity contribution in [2.45, 2.75) is 31.9 Å². The number of nitrogens with zero attached hydrogens (tertiary/aromatic N) is 2. The van der Waals surface area contributed by atoms with E-state index < -0.39 is 0 Å². The van der Waals surface area contributed by atoms with Gasteiger partial charge in [-0.25, -0.2) is 4.98 Å². The molecule has 1 aliphatic rings. The molecular formula is C10H16N2O2. The van der Waals surface area contributed by atoms with E-state index in [0.29, 0.717) is 6.04 Å². The highest BCUT2D eigenvalue weighted by Crippen LogP contribution is 2.22. The summed E-state index contributed by atoms with van der Waals surface area (Å²) in [7, 11) is 0. The lowest BCUT2D eigenvalue weighted by Crippen LogP contribution is -2.11. The lowest BCUT2D eigenvalue weighted by atomic mass is 10.1. The molecule has 1 atom stereocenters. The largest absolute Gasteiger partial charge is 0.390 e. The summed E-state index contributed by atoms with van der Waals surface area (Å²) >= 11 is 0. The average Bonchev–Trinajstić information content (AvgIpc) is 2.52. The van der Waals surface area contributed by atoms with Gasteiger partial charge in [-0.15, -0.1) is 0 Å². The predicted octanol–water partition coefficient (Wildman–Crippen LogP) is 1.12. The van der Waals surface area contributed by atoms with Crippen molar-refractivity contribution in [3.05, 3.63) is 18.2 Å². The second kappa shape index (κ2) is 4.57. The number of rotatable bonds is 2. The molecule has 1 aromatic rings. The minimum Gasteiger partial charge on any atom is -0.390 e. The lowest BCUT2D eigenvalue weighted by Gasteiger charge is -2.17. The van der Waals surface area contributed by atoms with Crippen LogP contribution in [0.5, 0.6) is 0 Å². The first-order chi connectivity index (χ1) is 6.92. The molecule has 4 nitrogen and oxygen atoms in total. The summed E-state index contributed by atoms with van der Waals surface area (Å²) in [5.74, 6) is 0. The first kappa shape index (κ1) is 9.68. The summed E-state index contributed by atoms with van der Waals surface area (Å²) in [6.45, 7) is 1.74. The number of aliphatic hydroxyl groups is 1. The van der Waals surface area contributed by atoms with Crippen LogP contribution in [0.2, 0.25) is 0 Å². The van der Waals surface area contributed by atoms with Crippen molar-refractivity contribution in [3.8, 4) is 0 Å². The molecule has 1 aromatic heterocycles. The van der Waals surface area contributed by atoms with Gasteiger partial charge in [-0.05, 0) is 19.3 Å². The maximum absolute atomic E-state index is 9.12. The molecule has 2 rings (SSSR count). The van der Waals surface area contributed by atoms with E-state index in [9.17, 15) is 0 Å². The van der Waals surface area contributed by atoms with E-state index in [1.54, 1.807) is 6.20 Å². The lowest BCUT2D eigenvalue weighted by molar-refractivity contribution is 0.141. The molecule has 0 saturated carbocycles. The van der Waals surface area contributed by atoms with E-state index >= 15 is 0 Å². The Morgan fingerprint density at radius 3 is 3.29 bits per heavy atom. The molecule has 1 N–H and O–H groups in total. The topological polar surface area (TPSA) is 47.3 Å². The van der Waals surface area contributed by atoms with Gasteiger partial charge in [0.1, 0.15) is 0 Å². The molecular weight excluding hydrogens is 180 g/mol. The fourth-order valence-corrected chi connectivity index (χ4v) is 1.95. The van der Waals surface area contributed by atoms with Crippen LogP contribution in [0, 0.1) is 0 Å². The number of aromatic nitrogens is 2. The smallest absolute Gasteiger partial charge is 0.0951 e. The zero-order valence-electron chi connectivity index (χ0n) is 8.22. The van der Waals surface area contributed by atoms with Gasteiger partial charge in [0.25, 0.3) is 0 Å². The molecule has 4 heteroatoms. The summed E-state index contributed by atoms with van der Waals surface area (Å²) in [5.41, 5.74) is 0.900. The van der Waals surface area contributed by atoms with Gasteiger partial charge in [-0.3, -0.25) is 0 Å². The Morgan fingerprint density at radius 2 is 2.43 bits per heavy atom. The van der Waals surface area contributed by atoms with Crippen molar-refractivity contribution >= 4 is 0 Å². The molecule has 0 radical (unpaired) electrons. The van der Waals surface area contributed by atoms with Gasteiger partial charge in [0.2, 0.25) is 0 Å². The summed E-state index contributed by atoms with van der Waals surface area (Å²) in [6, 6.07) is 0.446. The number of hydrogen-bond donors (Lipinski definition) is 1. The van der Waals surface area contributed by atoms with Crippen molar-refractivity contribution in [1.82, 2.24) is 9.55 Å². The fourth-order valence-electron chi connectivity index (χ4n) is 1.95. The van der Waals surface area contributed by atoms with E-state index in [2.05, 4.69) is 9.55 Å². The molecule has 0 spiro atoms. The Bertz CT molecular complexity index is 277. The molecule has 1 aliphatic heterocycles. The van der Waals surface area contributed by atoms with Gasteiger partial charge in [-0.1, -0.05) is 0 Å². The van der Waals surface area contributed by atoms with E-state index in [4.69, 9.17) is 9.84 Å². The van der Waals surface area contributed by atoms with Crippen LogP contribution in [0.25, 0.3) is 0 Å². The molecule has 0 bridgehead atoms.